The molecule has 0 aliphatic heterocycles. The molecule has 1 aromatic carbocycles. The van der Waals surface area contributed by atoms with E-state index in [1.807, 2.05) is 6.07 Å². The number of benzene rings is 1. The van der Waals surface area contributed by atoms with Crippen molar-refractivity contribution in [3.05, 3.63) is 30.3 Å². The van der Waals surface area contributed by atoms with Crippen molar-refractivity contribution in [2.75, 3.05) is 0 Å². The summed E-state index contributed by atoms with van der Waals surface area (Å²) in [4.78, 5) is 10.4. The molecule has 1 rings (SSSR count). The van der Waals surface area contributed by atoms with Crippen LogP contribution in [0.3, 0.4) is 0 Å². The van der Waals surface area contributed by atoms with Crippen molar-refractivity contribution in [1.82, 2.24) is 0 Å². The third-order valence-corrected chi connectivity index (χ3v) is 1.40. The predicted molar refractivity (Wildman–Crippen MR) is 44.2 cm³/mol. The summed E-state index contributed by atoms with van der Waals surface area (Å²) in [5.74, 6) is -0.383. The van der Waals surface area contributed by atoms with Crippen LogP contribution in [-0.4, -0.2) is 17.2 Å². The molecule has 0 radical (unpaired) electrons. The van der Waals surface area contributed by atoms with Gasteiger partial charge >= 0.3 is 5.97 Å². The van der Waals surface area contributed by atoms with Crippen molar-refractivity contribution in [2.45, 2.75) is 13.0 Å². The summed E-state index contributed by atoms with van der Waals surface area (Å²) >= 11 is 0. The van der Waals surface area contributed by atoms with Crippen LogP contribution in [0.1, 0.15) is 6.92 Å². The van der Waals surface area contributed by atoms with Crippen LogP contribution in [-0.2, 0) is 24.3 Å². The van der Waals surface area contributed by atoms with E-state index in [0.29, 0.717) is 5.75 Å². The van der Waals surface area contributed by atoms with Crippen LogP contribution in [0.25, 0.3) is 0 Å². The molecule has 0 amide bonds. The Morgan fingerprint density at radius 3 is 2.38 bits per heavy atom. The minimum absolute atomic E-state index is 0. The van der Waals surface area contributed by atoms with E-state index < -0.39 is 12.1 Å². The third-order valence-electron chi connectivity index (χ3n) is 1.40. The Labute approximate surface area is 89.5 Å². The predicted octanol–water partition coefficient (Wildman–Crippen LogP) is 1.54. The zero-order chi connectivity index (χ0) is 8.97. The monoisotopic (exact) mass is 230 g/mol. The van der Waals surface area contributed by atoms with Crippen LogP contribution in [0.2, 0.25) is 0 Å². The largest absolute Gasteiger partial charge is 0.479 e. The number of rotatable bonds is 3. The van der Waals surface area contributed by atoms with Gasteiger partial charge in [-0.1, -0.05) is 18.2 Å². The van der Waals surface area contributed by atoms with Gasteiger partial charge in [0, 0.05) is 19.5 Å². The maximum absolute atomic E-state index is 10.4. The van der Waals surface area contributed by atoms with Gasteiger partial charge in [0.1, 0.15) is 5.75 Å². The number of carbonyl (C=O) groups is 1. The Kier molecular flexibility index (Phi) is 5.32. The van der Waals surface area contributed by atoms with Crippen molar-refractivity contribution >= 4 is 5.97 Å². The summed E-state index contributed by atoms with van der Waals surface area (Å²) in [6.07, 6.45) is -0.799. The van der Waals surface area contributed by atoms with Gasteiger partial charge in [-0.05, 0) is 19.1 Å². The van der Waals surface area contributed by atoms with Gasteiger partial charge in [0.25, 0.3) is 0 Å². The molecular formula is C9H10O3Zn. The van der Waals surface area contributed by atoms with E-state index >= 15 is 0 Å². The topological polar surface area (TPSA) is 46.5 Å². The first kappa shape index (κ1) is 12.1. The maximum atomic E-state index is 10.4. The summed E-state index contributed by atoms with van der Waals surface area (Å²) < 4.78 is 5.08. The number of carboxylic acid groups (broad SMARTS) is 1. The van der Waals surface area contributed by atoms with Gasteiger partial charge in [0.2, 0.25) is 0 Å². The molecule has 1 unspecified atom stereocenters. The van der Waals surface area contributed by atoms with E-state index in [1.165, 1.54) is 6.92 Å². The van der Waals surface area contributed by atoms with E-state index in [1.54, 1.807) is 24.3 Å². The number of hydrogen-bond acceptors (Lipinski definition) is 2. The van der Waals surface area contributed by atoms with Gasteiger partial charge in [-0.2, -0.15) is 0 Å². The molecule has 0 aliphatic rings. The van der Waals surface area contributed by atoms with E-state index in [9.17, 15) is 4.79 Å². The average Bonchev–Trinajstić information content (AvgIpc) is 2.06. The molecule has 1 aromatic rings. The van der Waals surface area contributed by atoms with Gasteiger partial charge in [0.15, 0.2) is 6.10 Å². The molecule has 4 heteroatoms. The summed E-state index contributed by atoms with van der Waals surface area (Å²) in [7, 11) is 0. The standard InChI is InChI=1S/C9H10O3.Zn/c1-7(9(10)11)12-8-5-3-2-4-6-8;/h2-7H,1H3,(H,10,11);. The molecule has 0 spiro atoms. The molecule has 0 saturated carbocycles. The summed E-state index contributed by atoms with van der Waals surface area (Å²) in [6, 6.07) is 8.88. The van der Waals surface area contributed by atoms with E-state index in [-0.39, 0.29) is 19.5 Å². The van der Waals surface area contributed by atoms with E-state index in [2.05, 4.69) is 0 Å². The zero-order valence-electron chi connectivity index (χ0n) is 7.43. The van der Waals surface area contributed by atoms with Crippen LogP contribution in [0.4, 0.5) is 0 Å². The molecule has 0 aromatic heterocycles. The van der Waals surface area contributed by atoms with Crippen molar-refractivity contribution in [1.29, 1.82) is 0 Å². The zero-order valence-corrected chi connectivity index (χ0v) is 10.4. The Morgan fingerprint density at radius 2 is 1.92 bits per heavy atom. The Hall–Kier alpha value is -0.887. The van der Waals surface area contributed by atoms with Crippen molar-refractivity contribution in [3.8, 4) is 5.75 Å². The second kappa shape index (κ2) is 5.71. The second-order valence-corrected chi connectivity index (χ2v) is 2.41. The minimum Gasteiger partial charge on any atom is -0.479 e. The first-order valence-electron chi connectivity index (χ1n) is 3.64. The van der Waals surface area contributed by atoms with Gasteiger partial charge < -0.3 is 9.84 Å². The molecule has 1 atom stereocenters. The van der Waals surface area contributed by atoms with Gasteiger partial charge in [-0.3, -0.25) is 0 Å². The molecule has 0 aliphatic carbocycles. The van der Waals surface area contributed by atoms with Crippen LogP contribution in [0.5, 0.6) is 5.75 Å². The third kappa shape index (κ3) is 4.04. The number of carboxylic acids is 1. The van der Waals surface area contributed by atoms with Crippen LogP contribution < -0.4 is 4.74 Å². The summed E-state index contributed by atoms with van der Waals surface area (Å²) in [5.41, 5.74) is 0. The number of hydrogen-bond donors (Lipinski definition) is 1. The summed E-state index contributed by atoms with van der Waals surface area (Å²) in [6.45, 7) is 1.50. The molecule has 66 valence electrons. The quantitative estimate of drug-likeness (QED) is 0.803. The molecule has 0 bridgehead atoms. The van der Waals surface area contributed by atoms with Gasteiger partial charge in [0.05, 0.1) is 0 Å². The number of aliphatic carboxylic acids is 1. The fraction of sp³-hybridized carbons (Fsp3) is 0.222. The molecule has 13 heavy (non-hydrogen) atoms. The average molecular weight is 232 g/mol. The first-order chi connectivity index (χ1) is 5.70. The Bertz CT molecular complexity index is 261. The fourth-order valence-electron chi connectivity index (χ4n) is 0.754. The number of ether oxygens (including phenoxy) is 1. The smallest absolute Gasteiger partial charge is 0.344 e. The Balaban J connectivity index is 0.00000144. The van der Waals surface area contributed by atoms with Crippen molar-refractivity contribution in [2.24, 2.45) is 0 Å². The van der Waals surface area contributed by atoms with Crippen molar-refractivity contribution < 1.29 is 34.1 Å². The van der Waals surface area contributed by atoms with E-state index in [0.717, 1.165) is 0 Å². The van der Waals surface area contributed by atoms with E-state index in [4.69, 9.17) is 9.84 Å². The normalized spacial score (nSPS) is 11.2. The van der Waals surface area contributed by atoms with Crippen LogP contribution in [0.15, 0.2) is 30.3 Å². The van der Waals surface area contributed by atoms with Crippen LogP contribution in [0, 0.1) is 0 Å². The number of para-hydroxylation sites is 1. The maximum Gasteiger partial charge on any atom is 0.344 e. The molecule has 0 fully saturated rings. The molecule has 3 nitrogen and oxygen atoms in total. The Morgan fingerprint density at radius 1 is 1.38 bits per heavy atom. The van der Waals surface area contributed by atoms with Gasteiger partial charge in [-0.25, -0.2) is 4.79 Å². The van der Waals surface area contributed by atoms with Crippen molar-refractivity contribution in [3.63, 3.8) is 0 Å². The SMILES string of the molecule is CC(Oc1ccccc1)C(=O)O.[Zn]. The molecular weight excluding hydrogens is 221 g/mol. The summed E-state index contributed by atoms with van der Waals surface area (Å²) in [5, 5.41) is 8.52. The fourth-order valence-corrected chi connectivity index (χ4v) is 0.754. The molecule has 0 saturated heterocycles. The van der Waals surface area contributed by atoms with Crippen LogP contribution >= 0.6 is 0 Å². The molecule has 0 heterocycles. The second-order valence-electron chi connectivity index (χ2n) is 2.41. The molecule has 1 N–H and O–H groups in total. The first-order valence-corrected chi connectivity index (χ1v) is 3.64. The van der Waals surface area contributed by atoms with Gasteiger partial charge in [-0.15, -0.1) is 0 Å². The minimum atomic E-state index is -0.959.